The summed E-state index contributed by atoms with van der Waals surface area (Å²) in [6.07, 6.45) is 5.41. The Labute approximate surface area is 143 Å². The van der Waals surface area contributed by atoms with Gasteiger partial charge in [0.1, 0.15) is 15.9 Å². The normalized spacial score (nSPS) is 15.3. The van der Waals surface area contributed by atoms with E-state index in [4.69, 9.17) is 0 Å². The predicted molar refractivity (Wildman–Crippen MR) is 91.3 cm³/mol. The topological polar surface area (TPSA) is 101 Å². The number of H-pyrrole nitrogens is 1. The lowest BCUT2D eigenvalue weighted by molar-refractivity contribution is 0.580. The molecule has 0 amide bonds. The lowest BCUT2D eigenvalue weighted by Gasteiger charge is -2.07. The number of hydrogen-bond acceptors (Lipinski definition) is 6. The largest absolute Gasteiger partial charge is 0.282 e. The SMILES string of the molecule is O=S(=O)(NCc1n[nH]c2c1CCCCC2)c1cccc2nsnc12. The molecule has 9 heteroatoms. The molecule has 2 aromatic heterocycles. The van der Waals surface area contributed by atoms with Gasteiger partial charge in [-0.3, -0.25) is 5.10 Å². The molecule has 24 heavy (non-hydrogen) atoms. The first kappa shape index (κ1) is 15.7. The summed E-state index contributed by atoms with van der Waals surface area (Å²) in [4.78, 5) is 0.162. The molecule has 2 N–H and O–H groups in total. The van der Waals surface area contributed by atoms with Gasteiger partial charge in [-0.2, -0.15) is 13.8 Å². The van der Waals surface area contributed by atoms with Gasteiger partial charge in [-0.1, -0.05) is 12.5 Å². The van der Waals surface area contributed by atoms with Crippen molar-refractivity contribution in [1.82, 2.24) is 23.7 Å². The van der Waals surface area contributed by atoms with E-state index in [0.29, 0.717) is 11.0 Å². The first-order valence-electron chi connectivity index (χ1n) is 7.91. The van der Waals surface area contributed by atoms with E-state index in [1.807, 2.05) is 0 Å². The zero-order valence-corrected chi connectivity index (χ0v) is 14.6. The summed E-state index contributed by atoms with van der Waals surface area (Å²) in [6.45, 7) is 0.183. The monoisotopic (exact) mass is 363 g/mol. The summed E-state index contributed by atoms with van der Waals surface area (Å²) in [5, 5.41) is 7.37. The third-order valence-electron chi connectivity index (χ3n) is 4.36. The molecule has 0 radical (unpaired) electrons. The fourth-order valence-electron chi connectivity index (χ4n) is 3.11. The van der Waals surface area contributed by atoms with Crippen LogP contribution in [0.25, 0.3) is 11.0 Å². The fourth-order valence-corrected chi connectivity index (χ4v) is 4.86. The van der Waals surface area contributed by atoms with E-state index in [0.717, 1.165) is 48.8 Å². The van der Waals surface area contributed by atoms with Gasteiger partial charge in [0.2, 0.25) is 10.0 Å². The Hall–Kier alpha value is -1.84. The molecular weight excluding hydrogens is 346 g/mol. The van der Waals surface area contributed by atoms with Crippen molar-refractivity contribution in [3.8, 4) is 0 Å². The van der Waals surface area contributed by atoms with Crippen LogP contribution in [-0.4, -0.2) is 27.4 Å². The summed E-state index contributed by atoms with van der Waals surface area (Å²) >= 11 is 1.01. The third-order valence-corrected chi connectivity index (χ3v) is 6.34. The molecular formula is C15H17N5O2S2. The van der Waals surface area contributed by atoms with Crippen LogP contribution in [0, 0.1) is 0 Å². The molecule has 0 bridgehead atoms. The predicted octanol–water partition coefficient (Wildman–Crippen LogP) is 2.16. The Balaban J connectivity index is 1.59. The Morgan fingerprint density at radius 1 is 1.17 bits per heavy atom. The maximum absolute atomic E-state index is 12.7. The summed E-state index contributed by atoms with van der Waals surface area (Å²) in [7, 11) is -3.67. The number of hydrogen-bond donors (Lipinski definition) is 2. The van der Waals surface area contributed by atoms with Crippen molar-refractivity contribution in [3.05, 3.63) is 35.2 Å². The number of aromatic nitrogens is 4. The Morgan fingerprint density at radius 3 is 2.96 bits per heavy atom. The highest BCUT2D eigenvalue weighted by Crippen LogP contribution is 2.23. The average molecular weight is 363 g/mol. The Morgan fingerprint density at radius 2 is 2.04 bits per heavy atom. The van der Waals surface area contributed by atoms with Gasteiger partial charge in [0.25, 0.3) is 0 Å². The van der Waals surface area contributed by atoms with E-state index in [-0.39, 0.29) is 11.4 Å². The first-order valence-corrected chi connectivity index (χ1v) is 10.1. The summed E-state index contributed by atoms with van der Waals surface area (Å²) < 4.78 is 36.2. The minimum absolute atomic E-state index is 0.162. The van der Waals surface area contributed by atoms with Gasteiger partial charge in [-0.05, 0) is 43.4 Å². The van der Waals surface area contributed by atoms with E-state index in [2.05, 4.69) is 23.7 Å². The quantitative estimate of drug-likeness (QED) is 0.692. The summed E-state index contributed by atoms with van der Waals surface area (Å²) in [5.41, 5.74) is 4.11. The number of aryl methyl sites for hydroxylation is 1. The lowest BCUT2D eigenvalue weighted by Crippen LogP contribution is -2.24. The van der Waals surface area contributed by atoms with Crippen LogP contribution in [0.5, 0.6) is 0 Å². The van der Waals surface area contributed by atoms with Crippen molar-refractivity contribution >= 4 is 32.8 Å². The molecule has 0 saturated carbocycles. The van der Waals surface area contributed by atoms with Crippen molar-refractivity contribution in [2.45, 2.75) is 43.5 Å². The summed E-state index contributed by atoms with van der Waals surface area (Å²) in [6, 6.07) is 4.99. The van der Waals surface area contributed by atoms with Crippen LogP contribution in [0.1, 0.15) is 36.2 Å². The van der Waals surface area contributed by atoms with Gasteiger partial charge >= 0.3 is 0 Å². The molecule has 0 unspecified atom stereocenters. The molecule has 0 spiro atoms. The van der Waals surface area contributed by atoms with Crippen molar-refractivity contribution < 1.29 is 8.42 Å². The number of sulfonamides is 1. The molecule has 0 atom stereocenters. The number of rotatable bonds is 4. The zero-order valence-electron chi connectivity index (χ0n) is 12.9. The number of benzene rings is 1. The maximum atomic E-state index is 12.7. The van der Waals surface area contributed by atoms with Crippen LogP contribution in [0.3, 0.4) is 0 Å². The molecule has 126 valence electrons. The van der Waals surface area contributed by atoms with E-state index >= 15 is 0 Å². The van der Waals surface area contributed by atoms with Gasteiger partial charge in [-0.15, -0.1) is 0 Å². The fraction of sp³-hybridized carbons (Fsp3) is 0.400. The molecule has 3 aromatic rings. The number of fused-ring (bicyclic) bond motifs is 2. The maximum Gasteiger partial charge on any atom is 0.243 e. The highest BCUT2D eigenvalue weighted by molar-refractivity contribution is 7.89. The molecule has 1 aliphatic rings. The highest BCUT2D eigenvalue weighted by atomic mass is 32.2. The first-order chi connectivity index (χ1) is 11.6. The van der Waals surface area contributed by atoms with Crippen molar-refractivity contribution in [3.63, 3.8) is 0 Å². The van der Waals surface area contributed by atoms with Crippen molar-refractivity contribution in [1.29, 1.82) is 0 Å². The zero-order chi connectivity index (χ0) is 16.6. The van der Waals surface area contributed by atoms with Gasteiger partial charge < -0.3 is 0 Å². The van der Waals surface area contributed by atoms with E-state index in [9.17, 15) is 8.42 Å². The summed E-state index contributed by atoms with van der Waals surface area (Å²) in [5.74, 6) is 0. The van der Waals surface area contributed by atoms with Crippen LogP contribution in [0.2, 0.25) is 0 Å². The van der Waals surface area contributed by atoms with Gasteiger partial charge in [0.05, 0.1) is 24.0 Å². The van der Waals surface area contributed by atoms with Crippen LogP contribution >= 0.6 is 11.7 Å². The molecule has 4 rings (SSSR count). The molecule has 0 aliphatic heterocycles. The minimum Gasteiger partial charge on any atom is -0.282 e. The Kier molecular flexibility index (Phi) is 4.07. The minimum atomic E-state index is -3.67. The Bertz CT molecular complexity index is 977. The molecule has 2 heterocycles. The number of aromatic amines is 1. The van der Waals surface area contributed by atoms with Crippen LogP contribution in [0.4, 0.5) is 0 Å². The van der Waals surface area contributed by atoms with Crippen LogP contribution in [-0.2, 0) is 29.4 Å². The standard InChI is InChI=1S/C15H17N5O2S2/c21-24(22,14-8-4-7-12-15(14)20-23-19-12)16-9-13-10-5-2-1-3-6-11(10)17-18-13/h4,7-8,16H,1-3,5-6,9H2,(H,17,18). The molecule has 1 aliphatic carbocycles. The van der Waals surface area contributed by atoms with Crippen LogP contribution < -0.4 is 4.72 Å². The molecule has 1 aromatic carbocycles. The van der Waals surface area contributed by atoms with Gasteiger partial charge in [0.15, 0.2) is 0 Å². The van der Waals surface area contributed by atoms with Gasteiger partial charge in [-0.25, -0.2) is 13.1 Å². The van der Waals surface area contributed by atoms with E-state index in [1.54, 1.807) is 18.2 Å². The van der Waals surface area contributed by atoms with Crippen molar-refractivity contribution in [2.24, 2.45) is 0 Å². The second-order valence-corrected chi connectivity index (χ2v) is 8.16. The highest BCUT2D eigenvalue weighted by Gasteiger charge is 2.21. The molecule has 0 saturated heterocycles. The van der Waals surface area contributed by atoms with Crippen LogP contribution in [0.15, 0.2) is 23.1 Å². The third kappa shape index (κ3) is 2.83. The second kappa shape index (κ2) is 6.23. The number of nitrogens with one attached hydrogen (secondary N) is 2. The smallest absolute Gasteiger partial charge is 0.243 e. The lowest BCUT2D eigenvalue weighted by atomic mass is 10.1. The average Bonchev–Trinajstić information content (AvgIpc) is 3.13. The van der Waals surface area contributed by atoms with Gasteiger partial charge in [0, 0.05) is 5.69 Å². The van der Waals surface area contributed by atoms with E-state index < -0.39 is 10.0 Å². The second-order valence-electron chi connectivity index (χ2n) is 5.90. The molecule has 0 fully saturated rings. The van der Waals surface area contributed by atoms with E-state index in [1.165, 1.54) is 12.0 Å². The molecule has 7 nitrogen and oxygen atoms in total. The van der Waals surface area contributed by atoms with Crippen molar-refractivity contribution in [2.75, 3.05) is 0 Å². The number of nitrogens with zero attached hydrogens (tertiary/aromatic N) is 3.